The molecule has 148 valence electrons. The highest BCUT2D eigenvalue weighted by molar-refractivity contribution is 5.93. The number of amides is 2. The van der Waals surface area contributed by atoms with Gasteiger partial charge < -0.3 is 25.5 Å². The number of hydrogen-bond donors (Lipinski definition) is 3. The SMILES string of the molecule is CCN1CCN(c2ccccc2NC(=O)NCc2ccc(C(=O)O)cc2)CC1. The van der Waals surface area contributed by atoms with Crippen molar-refractivity contribution in [3.8, 4) is 0 Å². The minimum atomic E-state index is -0.964. The predicted molar refractivity (Wildman–Crippen MR) is 110 cm³/mol. The topological polar surface area (TPSA) is 84.9 Å². The highest BCUT2D eigenvalue weighted by Crippen LogP contribution is 2.26. The van der Waals surface area contributed by atoms with E-state index in [9.17, 15) is 9.59 Å². The van der Waals surface area contributed by atoms with Gasteiger partial charge in [-0.25, -0.2) is 9.59 Å². The number of carbonyl (C=O) groups is 2. The number of aromatic carboxylic acids is 1. The average molecular weight is 382 g/mol. The van der Waals surface area contributed by atoms with Crippen LogP contribution in [0.2, 0.25) is 0 Å². The number of carboxylic acid groups (broad SMARTS) is 1. The molecular weight excluding hydrogens is 356 g/mol. The van der Waals surface area contributed by atoms with Gasteiger partial charge in [-0.1, -0.05) is 31.2 Å². The summed E-state index contributed by atoms with van der Waals surface area (Å²) in [5.74, 6) is -0.964. The molecule has 0 aliphatic carbocycles. The maximum atomic E-state index is 12.4. The van der Waals surface area contributed by atoms with Crippen LogP contribution in [0.3, 0.4) is 0 Å². The largest absolute Gasteiger partial charge is 0.478 e. The third-order valence-electron chi connectivity index (χ3n) is 4.97. The molecule has 0 saturated carbocycles. The first kappa shape index (κ1) is 19.7. The number of benzene rings is 2. The molecule has 1 aliphatic heterocycles. The van der Waals surface area contributed by atoms with Crippen LogP contribution >= 0.6 is 0 Å². The van der Waals surface area contributed by atoms with Crippen LogP contribution in [0.4, 0.5) is 16.2 Å². The fraction of sp³-hybridized carbons (Fsp3) is 0.333. The monoisotopic (exact) mass is 382 g/mol. The van der Waals surface area contributed by atoms with Gasteiger partial charge in [0, 0.05) is 32.7 Å². The summed E-state index contributed by atoms with van der Waals surface area (Å²) < 4.78 is 0. The molecule has 0 spiro atoms. The van der Waals surface area contributed by atoms with Crippen LogP contribution in [0, 0.1) is 0 Å². The van der Waals surface area contributed by atoms with Crippen molar-refractivity contribution in [1.29, 1.82) is 0 Å². The van der Waals surface area contributed by atoms with Gasteiger partial charge in [0.05, 0.1) is 16.9 Å². The first-order chi connectivity index (χ1) is 13.6. The van der Waals surface area contributed by atoms with Gasteiger partial charge in [0.15, 0.2) is 0 Å². The minimum Gasteiger partial charge on any atom is -0.478 e. The summed E-state index contributed by atoms with van der Waals surface area (Å²) in [5.41, 5.74) is 2.87. The minimum absolute atomic E-state index is 0.227. The van der Waals surface area contributed by atoms with Crippen LogP contribution in [0.1, 0.15) is 22.8 Å². The van der Waals surface area contributed by atoms with Gasteiger partial charge in [0.1, 0.15) is 0 Å². The molecule has 2 aromatic rings. The van der Waals surface area contributed by atoms with Gasteiger partial charge in [0.25, 0.3) is 0 Å². The molecule has 28 heavy (non-hydrogen) atoms. The Balaban J connectivity index is 1.57. The molecule has 1 heterocycles. The maximum absolute atomic E-state index is 12.4. The van der Waals surface area contributed by atoms with Gasteiger partial charge in [-0.15, -0.1) is 0 Å². The zero-order valence-corrected chi connectivity index (χ0v) is 16.0. The zero-order valence-electron chi connectivity index (χ0n) is 16.0. The molecule has 0 radical (unpaired) electrons. The lowest BCUT2D eigenvalue weighted by atomic mass is 10.1. The third-order valence-corrected chi connectivity index (χ3v) is 4.97. The standard InChI is InChI=1S/C21H26N4O3/c1-2-24-11-13-25(14-12-24)19-6-4-3-5-18(19)23-21(28)22-15-16-7-9-17(10-8-16)20(26)27/h3-10H,2,11-15H2,1H3,(H,26,27)(H2,22,23,28). The summed E-state index contributed by atoms with van der Waals surface area (Å²) in [6.07, 6.45) is 0. The Kier molecular flexibility index (Phi) is 6.49. The van der Waals surface area contributed by atoms with Gasteiger partial charge >= 0.3 is 12.0 Å². The third kappa shape index (κ3) is 5.01. The van der Waals surface area contributed by atoms with E-state index in [2.05, 4.69) is 27.4 Å². The average Bonchev–Trinajstić information content (AvgIpc) is 2.73. The van der Waals surface area contributed by atoms with Crippen molar-refractivity contribution in [1.82, 2.24) is 10.2 Å². The molecule has 0 bridgehead atoms. The zero-order chi connectivity index (χ0) is 19.9. The summed E-state index contributed by atoms with van der Waals surface area (Å²) in [6.45, 7) is 7.46. The number of urea groups is 1. The number of hydrogen-bond acceptors (Lipinski definition) is 4. The first-order valence-corrected chi connectivity index (χ1v) is 9.50. The van der Waals surface area contributed by atoms with Crippen LogP contribution in [-0.2, 0) is 6.54 Å². The van der Waals surface area contributed by atoms with Crippen molar-refractivity contribution in [2.45, 2.75) is 13.5 Å². The normalized spacial score (nSPS) is 14.5. The lowest BCUT2D eigenvalue weighted by Crippen LogP contribution is -2.46. The van der Waals surface area contributed by atoms with Crippen LogP contribution in [0.5, 0.6) is 0 Å². The van der Waals surface area contributed by atoms with Crippen molar-refractivity contribution in [2.75, 3.05) is 42.9 Å². The highest BCUT2D eigenvalue weighted by atomic mass is 16.4. The number of nitrogens with zero attached hydrogens (tertiary/aromatic N) is 2. The van der Waals surface area contributed by atoms with Gasteiger partial charge in [0.2, 0.25) is 0 Å². The van der Waals surface area contributed by atoms with Crippen LogP contribution in [0.15, 0.2) is 48.5 Å². The Morgan fingerprint density at radius 2 is 1.68 bits per heavy atom. The van der Waals surface area contributed by atoms with Crippen molar-refractivity contribution in [3.05, 3.63) is 59.7 Å². The molecule has 0 atom stereocenters. The second-order valence-electron chi connectivity index (χ2n) is 6.75. The Bertz CT molecular complexity index is 815. The number of likely N-dealkylation sites (N-methyl/N-ethyl adjacent to an activating group) is 1. The van der Waals surface area contributed by atoms with E-state index >= 15 is 0 Å². The molecule has 7 heteroatoms. The second kappa shape index (κ2) is 9.23. The molecule has 3 rings (SSSR count). The number of carbonyl (C=O) groups excluding carboxylic acids is 1. The van der Waals surface area contributed by atoms with E-state index in [1.807, 2.05) is 24.3 Å². The summed E-state index contributed by atoms with van der Waals surface area (Å²) in [6, 6.07) is 14.0. The van der Waals surface area contributed by atoms with Gasteiger partial charge in [-0.3, -0.25) is 0 Å². The molecule has 1 saturated heterocycles. The van der Waals surface area contributed by atoms with E-state index in [4.69, 9.17) is 5.11 Å². The Hall–Kier alpha value is -3.06. The fourth-order valence-electron chi connectivity index (χ4n) is 3.27. The molecule has 2 amide bonds. The van der Waals surface area contributed by atoms with Crippen molar-refractivity contribution in [3.63, 3.8) is 0 Å². The van der Waals surface area contributed by atoms with Crippen molar-refractivity contribution in [2.24, 2.45) is 0 Å². The van der Waals surface area contributed by atoms with Gasteiger partial charge in [-0.2, -0.15) is 0 Å². The summed E-state index contributed by atoms with van der Waals surface area (Å²) in [7, 11) is 0. The molecule has 1 fully saturated rings. The number of para-hydroxylation sites is 2. The Morgan fingerprint density at radius 1 is 1.00 bits per heavy atom. The lowest BCUT2D eigenvalue weighted by Gasteiger charge is -2.36. The summed E-state index contributed by atoms with van der Waals surface area (Å²) >= 11 is 0. The second-order valence-corrected chi connectivity index (χ2v) is 6.75. The molecule has 0 unspecified atom stereocenters. The van der Waals surface area contributed by atoms with E-state index in [-0.39, 0.29) is 11.6 Å². The quantitative estimate of drug-likeness (QED) is 0.715. The Labute approximate surface area is 165 Å². The maximum Gasteiger partial charge on any atom is 0.335 e. The summed E-state index contributed by atoms with van der Waals surface area (Å²) in [4.78, 5) is 28.0. The van der Waals surface area contributed by atoms with E-state index in [0.29, 0.717) is 6.54 Å². The number of piperazine rings is 1. The lowest BCUT2D eigenvalue weighted by molar-refractivity contribution is 0.0697. The van der Waals surface area contributed by atoms with E-state index < -0.39 is 5.97 Å². The van der Waals surface area contributed by atoms with Crippen LogP contribution in [0.25, 0.3) is 0 Å². The smallest absolute Gasteiger partial charge is 0.335 e. The fourth-order valence-corrected chi connectivity index (χ4v) is 3.27. The molecule has 3 N–H and O–H groups in total. The Morgan fingerprint density at radius 3 is 2.32 bits per heavy atom. The van der Waals surface area contributed by atoms with Crippen molar-refractivity contribution < 1.29 is 14.7 Å². The predicted octanol–water partition coefficient (Wildman–Crippen LogP) is 2.85. The van der Waals surface area contributed by atoms with E-state index in [1.165, 1.54) is 12.1 Å². The first-order valence-electron chi connectivity index (χ1n) is 9.50. The highest BCUT2D eigenvalue weighted by Gasteiger charge is 2.18. The number of rotatable bonds is 6. The molecular formula is C21H26N4O3. The molecule has 1 aliphatic rings. The number of carboxylic acids is 1. The molecule has 2 aromatic carbocycles. The van der Waals surface area contributed by atoms with Crippen molar-refractivity contribution >= 4 is 23.4 Å². The van der Waals surface area contributed by atoms with E-state index in [1.54, 1.807) is 12.1 Å². The summed E-state index contributed by atoms with van der Waals surface area (Å²) in [5, 5.41) is 14.7. The molecule has 7 nitrogen and oxygen atoms in total. The van der Waals surface area contributed by atoms with Gasteiger partial charge in [-0.05, 0) is 36.4 Å². The molecule has 0 aromatic heterocycles. The van der Waals surface area contributed by atoms with E-state index in [0.717, 1.165) is 49.7 Å². The number of nitrogens with one attached hydrogen (secondary N) is 2. The van der Waals surface area contributed by atoms with Crippen LogP contribution in [-0.4, -0.2) is 54.7 Å². The number of anilines is 2. The van der Waals surface area contributed by atoms with Crippen LogP contribution < -0.4 is 15.5 Å².